The van der Waals surface area contributed by atoms with Gasteiger partial charge in [0.25, 0.3) is 5.91 Å². The number of phenols is 1. The summed E-state index contributed by atoms with van der Waals surface area (Å²) in [5.41, 5.74) is 3.60. The van der Waals surface area contributed by atoms with E-state index in [-0.39, 0.29) is 17.5 Å². The maximum atomic E-state index is 13.6. The van der Waals surface area contributed by atoms with Crippen molar-refractivity contribution < 1.29 is 14.3 Å². The number of amides is 1. The molecule has 5 rings (SSSR count). The highest BCUT2D eigenvalue weighted by Gasteiger charge is 2.24. The zero-order chi connectivity index (χ0) is 22.8. The third-order valence-corrected chi connectivity index (χ3v) is 5.64. The Morgan fingerprint density at radius 2 is 1.85 bits per heavy atom. The highest BCUT2D eigenvalue weighted by atomic mass is 19.1. The molecule has 0 radical (unpaired) electrons. The summed E-state index contributed by atoms with van der Waals surface area (Å²) in [6.07, 6.45) is 3.51. The van der Waals surface area contributed by atoms with Crippen molar-refractivity contribution in [1.82, 2.24) is 25.4 Å². The number of fused-ring (bicyclic) bond motifs is 1. The van der Waals surface area contributed by atoms with Gasteiger partial charge in [-0.2, -0.15) is 5.10 Å². The van der Waals surface area contributed by atoms with Crippen LogP contribution in [0.3, 0.4) is 0 Å². The lowest BCUT2D eigenvalue weighted by Crippen LogP contribution is -2.46. The van der Waals surface area contributed by atoms with E-state index in [0.29, 0.717) is 46.6 Å². The fraction of sp³-hybridized carbons (Fsp3) is 0.160. The van der Waals surface area contributed by atoms with Crippen LogP contribution in [0.25, 0.3) is 34.4 Å². The van der Waals surface area contributed by atoms with Gasteiger partial charge in [-0.25, -0.2) is 9.37 Å². The lowest BCUT2D eigenvalue weighted by Gasteiger charge is -2.27. The molecule has 3 N–H and O–H groups in total. The van der Waals surface area contributed by atoms with Crippen LogP contribution in [0.2, 0.25) is 0 Å². The van der Waals surface area contributed by atoms with Crippen LogP contribution in [0, 0.1) is 5.82 Å². The molecule has 0 spiro atoms. The van der Waals surface area contributed by atoms with Crippen LogP contribution in [-0.2, 0) is 0 Å². The largest absolute Gasteiger partial charge is 0.508 e. The van der Waals surface area contributed by atoms with Crippen molar-refractivity contribution in [3.05, 3.63) is 77.2 Å². The number of carbonyl (C=O) groups is 1. The Hall–Kier alpha value is -4.04. The van der Waals surface area contributed by atoms with Crippen LogP contribution in [0.5, 0.6) is 5.75 Å². The Bertz CT molecular complexity index is 1340. The molecule has 0 aliphatic carbocycles. The van der Waals surface area contributed by atoms with Crippen LogP contribution >= 0.6 is 0 Å². The van der Waals surface area contributed by atoms with E-state index in [1.807, 2.05) is 4.90 Å². The minimum absolute atomic E-state index is 0.0919. The molecule has 33 heavy (non-hydrogen) atoms. The van der Waals surface area contributed by atoms with E-state index >= 15 is 0 Å². The normalized spacial score (nSPS) is 14.3. The second-order valence-electron chi connectivity index (χ2n) is 7.86. The van der Waals surface area contributed by atoms with Gasteiger partial charge >= 0.3 is 0 Å². The Balaban J connectivity index is 1.62. The van der Waals surface area contributed by atoms with E-state index in [1.165, 1.54) is 12.1 Å². The van der Waals surface area contributed by atoms with Crippen molar-refractivity contribution in [1.29, 1.82) is 0 Å². The summed E-state index contributed by atoms with van der Waals surface area (Å²) in [5, 5.41) is 20.8. The lowest BCUT2D eigenvalue weighted by molar-refractivity contribution is 0.0737. The van der Waals surface area contributed by atoms with Crippen LogP contribution < -0.4 is 5.32 Å². The minimum atomic E-state index is -0.321. The lowest BCUT2D eigenvalue weighted by atomic mass is 10.0. The number of nitrogens with one attached hydrogen (secondary N) is 2. The summed E-state index contributed by atoms with van der Waals surface area (Å²) in [6.45, 7) is 2.71. The summed E-state index contributed by atoms with van der Waals surface area (Å²) in [5.74, 6) is -0.257. The third-order valence-electron chi connectivity index (χ3n) is 5.64. The summed E-state index contributed by atoms with van der Waals surface area (Å²) < 4.78 is 13.6. The van der Waals surface area contributed by atoms with E-state index in [1.54, 1.807) is 54.6 Å². The topological polar surface area (TPSA) is 94.1 Å². The molecule has 1 amide bonds. The first-order valence-corrected chi connectivity index (χ1v) is 10.7. The number of aromatic amines is 1. The van der Waals surface area contributed by atoms with E-state index in [0.717, 1.165) is 18.7 Å². The van der Waals surface area contributed by atoms with E-state index in [9.17, 15) is 14.3 Å². The molecule has 166 valence electrons. The molecule has 1 saturated heterocycles. The molecule has 0 saturated carbocycles. The van der Waals surface area contributed by atoms with Crippen LogP contribution in [0.4, 0.5) is 4.39 Å². The Morgan fingerprint density at radius 1 is 1.06 bits per heavy atom. The number of H-pyrrole nitrogens is 1. The molecule has 0 bridgehead atoms. The predicted octanol–water partition coefficient (Wildman–Crippen LogP) is 3.69. The van der Waals surface area contributed by atoms with Crippen molar-refractivity contribution in [3.63, 3.8) is 0 Å². The maximum absolute atomic E-state index is 13.6. The number of aromatic hydroxyl groups is 1. The number of halogens is 1. The van der Waals surface area contributed by atoms with E-state index in [2.05, 4.69) is 20.5 Å². The van der Waals surface area contributed by atoms with Gasteiger partial charge in [0.2, 0.25) is 0 Å². The molecule has 8 heteroatoms. The summed E-state index contributed by atoms with van der Waals surface area (Å²) in [4.78, 5) is 20.0. The van der Waals surface area contributed by atoms with Crippen LogP contribution in [-0.4, -0.2) is 57.3 Å². The van der Waals surface area contributed by atoms with Crippen molar-refractivity contribution in [2.75, 3.05) is 26.2 Å². The predicted molar refractivity (Wildman–Crippen MR) is 125 cm³/mol. The molecule has 4 aromatic rings. The van der Waals surface area contributed by atoms with Crippen molar-refractivity contribution in [2.45, 2.75) is 0 Å². The van der Waals surface area contributed by atoms with Gasteiger partial charge in [-0.3, -0.25) is 9.89 Å². The zero-order valence-corrected chi connectivity index (χ0v) is 17.8. The number of carbonyl (C=O) groups excluding carboxylic acids is 1. The van der Waals surface area contributed by atoms with Gasteiger partial charge in [-0.1, -0.05) is 18.2 Å². The number of benzene rings is 2. The van der Waals surface area contributed by atoms with Gasteiger partial charge in [0.1, 0.15) is 11.6 Å². The second-order valence-corrected chi connectivity index (χ2v) is 7.86. The number of pyridine rings is 1. The average molecular weight is 443 g/mol. The first kappa shape index (κ1) is 20.8. The molecule has 0 unspecified atom stereocenters. The number of hydrogen-bond acceptors (Lipinski definition) is 5. The molecule has 2 aromatic carbocycles. The minimum Gasteiger partial charge on any atom is -0.508 e. The number of piperazine rings is 1. The monoisotopic (exact) mass is 443 g/mol. The maximum Gasteiger partial charge on any atom is 0.254 e. The van der Waals surface area contributed by atoms with E-state index in [4.69, 9.17) is 0 Å². The molecule has 1 aliphatic heterocycles. The van der Waals surface area contributed by atoms with Gasteiger partial charge in [0.15, 0.2) is 5.65 Å². The van der Waals surface area contributed by atoms with Gasteiger partial charge in [-0.05, 0) is 54.1 Å². The van der Waals surface area contributed by atoms with Crippen molar-refractivity contribution in [2.24, 2.45) is 0 Å². The van der Waals surface area contributed by atoms with Crippen LogP contribution in [0.15, 0.2) is 54.6 Å². The Kier molecular flexibility index (Phi) is 5.58. The highest BCUT2D eigenvalue weighted by molar-refractivity contribution is 6.09. The van der Waals surface area contributed by atoms with Crippen molar-refractivity contribution >= 4 is 29.1 Å². The molecule has 7 nitrogen and oxygen atoms in total. The molecular formula is C25H22FN5O2. The van der Waals surface area contributed by atoms with Crippen molar-refractivity contribution in [3.8, 4) is 17.0 Å². The Labute approximate surface area is 189 Å². The smallest absolute Gasteiger partial charge is 0.254 e. The number of phenolic OH excluding ortho intramolecular Hbond substituents is 1. The Morgan fingerprint density at radius 3 is 2.61 bits per heavy atom. The first-order chi connectivity index (χ1) is 16.1. The molecule has 3 heterocycles. The van der Waals surface area contributed by atoms with Crippen LogP contribution in [0.1, 0.15) is 21.6 Å². The SMILES string of the molecule is O=C(c1cc(-c2ccc(O)cc2)nc2[nH]nc(/C=C/c3cccc(F)c3)c12)N1CCNCC1. The number of hydrogen-bond donors (Lipinski definition) is 3. The third kappa shape index (κ3) is 4.33. The summed E-state index contributed by atoms with van der Waals surface area (Å²) >= 11 is 0. The fourth-order valence-electron chi connectivity index (χ4n) is 3.95. The summed E-state index contributed by atoms with van der Waals surface area (Å²) in [7, 11) is 0. The molecule has 2 aromatic heterocycles. The zero-order valence-electron chi connectivity index (χ0n) is 17.8. The standard InChI is InChI=1S/C25H22FN5O2/c26-18-3-1-2-16(14-18)4-9-21-23-20(25(33)31-12-10-27-11-13-31)15-22(28-24(23)30-29-21)17-5-7-19(32)8-6-17/h1-9,14-15,27,32H,10-13H2,(H,28,29,30)/b9-4+. The van der Waals surface area contributed by atoms with E-state index < -0.39 is 0 Å². The molecule has 1 fully saturated rings. The van der Waals surface area contributed by atoms with Gasteiger partial charge in [0, 0.05) is 31.7 Å². The molecular weight excluding hydrogens is 421 g/mol. The average Bonchev–Trinajstić information content (AvgIpc) is 3.26. The molecule has 1 aliphatic rings. The molecule has 0 atom stereocenters. The van der Waals surface area contributed by atoms with Gasteiger partial charge < -0.3 is 15.3 Å². The fourth-order valence-corrected chi connectivity index (χ4v) is 3.95. The number of aromatic nitrogens is 3. The highest BCUT2D eigenvalue weighted by Crippen LogP contribution is 2.29. The van der Waals surface area contributed by atoms with Gasteiger partial charge in [-0.15, -0.1) is 0 Å². The quantitative estimate of drug-likeness (QED) is 0.447. The summed E-state index contributed by atoms with van der Waals surface area (Å²) in [6, 6.07) is 14.7. The first-order valence-electron chi connectivity index (χ1n) is 10.7. The van der Waals surface area contributed by atoms with Gasteiger partial charge in [0.05, 0.1) is 22.3 Å². The second kappa shape index (κ2) is 8.84. The number of nitrogens with zero attached hydrogens (tertiary/aromatic N) is 3. The number of rotatable bonds is 4.